The van der Waals surface area contributed by atoms with Crippen molar-refractivity contribution in [1.29, 1.82) is 0 Å². The third-order valence-electron chi connectivity index (χ3n) is 8.15. The molecule has 2 N–H and O–H groups in total. The Morgan fingerprint density at radius 1 is 0.641 bits per heavy atom. The first-order valence-electron chi connectivity index (χ1n) is 14.0. The van der Waals surface area contributed by atoms with Crippen molar-refractivity contribution in [3.05, 3.63) is 144 Å². The van der Waals surface area contributed by atoms with Gasteiger partial charge in [0.2, 0.25) is 0 Å². The maximum Gasteiger partial charge on any atom is 0.192 e. The van der Waals surface area contributed by atoms with E-state index in [2.05, 4.69) is 148 Å². The van der Waals surface area contributed by atoms with E-state index in [1.165, 1.54) is 11.1 Å². The van der Waals surface area contributed by atoms with E-state index in [0.29, 0.717) is 6.61 Å². The smallest absolute Gasteiger partial charge is 0.192 e. The van der Waals surface area contributed by atoms with Crippen LogP contribution in [0.3, 0.4) is 0 Å². The van der Waals surface area contributed by atoms with Gasteiger partial charge in [-0.2, -0.15) is 0 Å². The summed E-state index contributed by atoms with van der Waals surface area (Å²) in [5, 5.41) is 16.0. The van der Waals surface area contributed by atoms with E-state index in [1.807, 2.05) is 12.1 Å². The van der Waals surface area contributed by atoms with Gasteiger partial charge in [-0.15, -0.1) is 0 Å². The Hall–Kier alpha value is -3.02. The minimum Gasteiger partial charge on any atom is -0.414 e. The van der Waals surface area contributed by atoms with E-state index in [9.17, 15) is 5.11 Å². The van der Waals surface area contributed by atoms with Crippen LogP contribution in [0.25, 0.3) is 0 Å². The van der Waals surface area contributed by atoms with E-state index in [1.54, 1.807) is 0 Å². The molecule has 4 heteroatoms. The summed E-state index contributed by atoms with van der Waals surface area (Å²) in [7, 11) is -2.05. The van der Waals surface area contributed by atoms with Crippen LogP contribution in [-0.2, 0) is 4.43 Å². The second kappa shape index (κ2) is 12.9. The number of benzene rings is 4. The van der Waals surface area contributed by atoms with Crippen LogP contribution in [0.15, 0.2) is 121 Å². The van der Waals surface area contributed by atoms with Crippen LogP contribution in [0.2, 0.25) is 18.1 Å². The summed E-state index contributed by atoms with van der Waals surface area (Å²) in [6.45, 7) is 11.5. The Kier molecular flexibility index (Phi) is 9.57. The maximum absolute atomic E-state index is 11.9. The molecule has 0 aliphatic carbocycles. The van der Waals surface area contributed by atoms with Crippen LogP contribution in [0.5, 0.6) is 0 Å². The topological polar surface area (TPSA) is 41.5 Å². The average molecular weight is 538 g/mol. The summed E-state index contributed by atoms with van der Waals surface area (Å²) in [6.07, 6.45) is -0.702. The number of hydrogen-bond acceptors (Lipinski definition) is 3. The average Bonchev–Trinajstić information content (AvgIpc) is 2.95. The molecule has 4 aromatic carbocycles. The lowest BCUT2D eigenvalue weighted by molar-refractivity contribution is 0.0635. The number of aliphatic hydroxyl groups is 1. The highest BCUT2D eigenvalue weighted by atomic mass is 28.4. The third kappa shape index (κ3) is 7.34. The fourth-order valence-corrected chi connectivity index (χ4v) is 5.87. The zero-order chi connectivity index (χ0) is 27.9. The summed E-state index contributed by atoms with van der Waals surface area (Å²) in [5.74, 6) is -0.228. The molecular weight excluding hydrogens is 494 g/mol. The predicted molar refractivity (Wildman–Crippen MR) is 165 cm³/mol. The van der Waals surface area contributed by atoms with Gasteiger partial charge in [0, 0.05) is 12.0 Å². The molecule has 0 radical (unpaired) electrons. The SMILES string of the molecule is CC(C)(C)[Si](C)(C)OC[C@H](O)[C@@H](c1ccccc1)[C@H](NC(c1ccccc1)c1ccccc1)c1ccccc1. The predicted octanol–water partition coefficient (Wildman–Crippen LogP) is 8.27. The Labute approximate surface area is 236 Å². The fourth-order valence-electron chi connectivity index (χ4n) is 4.85. The van der Waals surface area contributed by atoms with Gasteiger partial charge in [0.25, 0.3) is 0 Å². The fraction of sp³-hybridized carbons (Fsp3) is 0.314. The summed E-state index contributed by atoms with van der Waals surface area (Å²) >= 11 is 0. The number of rotatable bonds is 11. The molecule has 4 aromatic rings. The van der Waals surface area contributed by atoms with Gasteiger partial charge in [-0.05, 0) is 40.4 Å². The van der Waals surface area contributed by atoms with E-state index in [4.69, 9.17) is 4.43 Å². The minimum atomic E-state index is -2.05. The lowest BCUT2D eigenvalue weighted by atomic mass is 9.82. The molecule has 0 fully saturated rings. The summed E-state index contributed by atoms with van der Waals surface area (Å²) in [4.78, 5) is 0. The molecule has 0 aromatic heterocycles. The van der Waals surface area contributed by atoms with Crippen LogP contribution < -0.4 is 5.32 Å². The second-order valence-electron chi connectivity index (χ2n) is 11.9. The van der Waals surface area contributed by atoms with Crippen molar-refractivity contribution in [2.24, 2.45) is 0 Å². The van der Waals surface area contributed by atoms with Gasteiger partial charge < -0.3 is 9.53 Å². The third-order valence-corrected chi connectivity index (χ3v) is 12.7. The molecule has 3 atom stereocenters. The molecule has 0 aliphatic heterocycles. The van der Waals surface area contributed by atoms with Crippen molar-refractivity contribution in [3.63, 3.8) is 0 Å². The largest absolute Gasteiger partial charge is 0.414 e. The highest BCUT2D eigenvalue weighted by molar-refractivity contribution is 6.74. The van der Waals surface area contributed by atoms with Gasteiger partial charge >= 0.3 is 0 Å². The van der Waals surface area contributed by atoms with Crippen LogP contribution in [0.1, 0.15) is 61.0 Å². The number of aliphatic hydroxyl groups excluding tert-OH is 1. The molecule has 0 aliphatic rings. The van der Waals surface area contributed by atoms with Gasteiger partial charge in [-0.25, -0.2) is 0 Å². The highest BCUT2D eigenvalue weighted by Gasteiger charge is 2.39. The van der Waals surface area contributed by atoms with E-state index in [-0.39, 0.29) is 23.0 Å². The van der Waals surface area contributed by atoms with Crippen molar-refractivity contribution in [2.45, 2.75) is 63.0 Å². The number of hydrogen-bond donors (Lipinski definition) is 2. The lowest BCUT2D eigenvalue weighted by Crippen LogP contribution is -2.45. The van der Waals surface area contributed by atoms with Gasteiger partial charge in [-0.1, -0.05) is 142 Å². The maximum atomic E-state index is 11.9. The van der Waals surface area contributed by atoms with Crippen LogP contribution in [0.4, 0.5) is 0 Å². The molecule has 204 valence electrons. The lowest BCUT2D eigenvalue weighted by Gasteiger charge is -2.39. The molecule has 0 bridgehead atoms. The first-order valence-corrected chi connectivity index (χ1v) is 16.9. The highest BCUT2D eigenvalue weighted by Crippen LogP contribution is 2.40. The van der Waals surface area contributed by atoms with E-state index in [0.717, 1.165) is 11.1 Å². The molecule has 3 nitrogen and oxygen atoms in total. The van der Waals surface area contributed by atoms with E-state index >= 15 is 0 Å². The molecular formula is C35H43NO2Si. The van der Waals surface area contributed by atoms with Gasteiger partial charge in [0.05, 0.1) is 18.8 Å². The summed E-state index contributed by atoms with van der Waals surface area (Å²) in [6, 6.07) is 41.8. The first kappa shape index (κ1) is 29.0. The van der Waals surface area contributed by atoms with Gasteiger partial charge in [-0.3, -0.25) is 5.32 Å². The molecule has 0 heterocycles. The molecule has 0 saturated carbocycles. The molecule has 4 rings (SSSR count). The van der Waals surface area contributed by atoms with Crippen molar-refractivity contribution < 1.29 is 9.53 Å². The van der Waals surface area contributed by atoms with Crippen molar-refractivity contribution in [1.82, 2.24) is 5.32 Å². The second-order valence-corrected chi connectivity index (χ2v) is 16.7. The van der Waals surface area contributed by atoms with Crippen molar-refractivity contribution in [3.8, 4) is 0 Å². The normalized spacial score (nSPS) is 14.6. The zero-order valence-electron chi connectivity index (χ0n) is 23.9. The Bertz CT molecular complexity index is 1220. The Balaban J connectivity index is 1.78. The summed E-state index contributed by atoms with van der Waals surface area (Å²) in [5.41, 5.74) is 4.59. The van der Waals surface area contributed by atoms with Crippen molar-refractivity contribution >= 4 is 8.32 Å². The summed E-state index contributed by atoms with van der Waals surface area (Å²) < 4.78 is 6.58. The number of nitrogens with one attached hydrogen (secondary N) is 1. The molecule has 39 heavy (non-hydrogen) atoms. The monoisotopic (exact) mass is 537 g/mol. The van der Waals surface area contributed by atoms with Crippen LogP contribution in [0, 0.1) is 0 Å². The van der Waals surface area contributed by atoms with Gasteiger partial charge in [0.1, 0.15) is 0 Å². The first-order chi connectivity index (χ1) is 18.7. The quantitative estimate of drug-likeness (QED) is 0.189. The standard InChI is InChI=1S/C35H43NO2Si/c1-35(2,3)39(4,5)38-26-31(37)32(27-18-10-6-11-19-27)34(30-24-16-9-17-25-30)36-33(28-20-12-7-13-21-28)29-22-14-8-15-23-29/h6-25,31-34,36-37H,26H2,1-5H3/t31-,32+,34+/m0/s1. The Morgan fingerprint density at radius 3 is 1.44 bits per heavy atom. The zero-order valence-corrected chi connectivity index (χ0v) is 24.9. The van der Waals surface area contributed by atoms with Crippen molar-refractivity contribution in [2.75, 3.05) is 6.61 Å². The van der Waals surface area contributed by atoms with E-state index < -0.39 is 14.4 Å². The van der Waals surface area contributed by atoms with Gasteiger partial charge in [0.15, 0.2) is 8.32 Å². The molecule has 0 spiro atoms. The minimum absolute atomic E-state index is 0.0580. The van der Waals surface area contributed by atoms with Crippen LogP contribution in [-0.4, -0.2) is 26.1 Å². The Morgan fingerprint density at radius 2 is 1.03 bits per heavy atom. The molecule has 0 amide bonds. The molecule has 0 saturated heterocycles. The molecule has 0 unspecified atom stereocenters. The van der Waals surface area contributed by atoms with Crippen LogP contribution >= 0.6 is 0 Å².